The molecule has 0 aliphatic heterocycles. The van der Waals surface area contributed by atoms with Crippen LogP contribution in [0.5, 0.6) is 0 Å². The molecule has 0 radical (unpaired) electrons. The van der Waals surface area contributed by atoms with Crippen molar-refractivity contribution >= 4 is 23.3 Å². The zero-order chi connectivity index (χ0) is 13.5. The van der Waals surface area contributed by atoms with Crippen LogP contribution in [0.1, 0.15) is 23.7 Å². The summed E-state index contributed by atoms with van der Waals surface area (Å²) in [5, 5.41) is 12.1. The zero-order valence-corrected chi connectivity index (χ0v) is 11.4. The Balaban J connectivity index is 2.84. The predicted octanol–water partition coefficient (Wildman–Crippen LogP) is 1.62. The highest BCUT2D eigenvalue weighted by atomic mass is 35.5. The number of carbonyl (C=O) groups is 1. The normalized spacial score (nSPS) is 10.2. The van der Waals surface area contributed by atoms with Crippen molar-refractivity contribution in [3.05, 3.63) is 22.8 Å². The Kier molecular flexibility index (Phi) is 5.88. The summed E-state index contributed by atoms with van der Waals surface area (Å²) in [5.74, 6) is 0.426. The first-order valence-electron chi connectivity index (χ1n) is 5.87. The quantitative estimate of drug-likeness (QED) is 0.825. The van der Waals surface area contributed by atoms with Gasteiger partial charge < -0.3 is 15.3 Å². The number of anilines is 1. The van der Waals surface area contributed by atoms with Gasteiger partial charge in [-0.1, -0.05) is 11.6 Å². The Morgan fingerprint density at radius 1 is 1.61 bits per heavy atom. The summed E-state index contributed by atoms with van der Waals surface area (Å²) in [5.41, 5.74) is 0.457. The lowest BCUT2D eigenvalue weighted by molar-refractivity contribution is 0.0754. The highest BCUT2D eigenvalue weighted by molar-refractivity contribution is 6.33. The fourth-order valence-electron chi connectivity index (χ4n) is 1.59. The van der Waals surface area contributed by atoms with E-state index in [-0.39, 0.29) is 12.5 Å². The van der Waals surface area contributed by atoms with Crippen LogP contribution in [-0.4, -0.2) is 47.6 Å². The highest BCUT2D eigenvalue weighted by Crippen LogP contribution is 2.20. The number of aromatic nitrogens is 1. The summed E-state index contributed by atoms with van der Waals surface area (Å²) in [6.45, 7) is 3.08. The number of carbonyl (C=O) groups excluding carboxylic acids is 1. The fourth-order valence-corrected chi connectivity index (χ4v) is 1.85. The minimum Gasteiger partial charge on any atom is -0.396 e. The van der Waals surface area contributed by atoms with Gasteiger partial charge in [-0.25, -0.2) is 4.98 Å². The molecular formula is C12H18ClN3O2. The Morgan fingerprint density at radius 3 is 2.83 bits per heavy atom. The van der Waals surface area contributed by atoms with E-state index in [9.17, 15) is 4.79 Å². The van der Waals surface area contributed by atoms with E-state index < -0.39 is 0 Å². The molecule has 1 amide bonds. The van der Waals surface area contributed by atoms with Gasteiger partial charge in [0.25, 0.3) is 5.91 Å². The van der Waals surface area contributed by atoms with Crippen LogP contribution in [0.25, 0.3) is 0 Å². The van der Waals surface area contributed by atoms with Crippen LogP contribution < -0.4 is 5.32 Å². The third-order valence-corrected chi connectivity index (χ3v) is 2.87. The molecule has 5 nitrogen and oxygen atoms in total. The van der Waals surface area contributed by atoms with Crippen molar-refractivity contribution in [3.8, 4) is 0 Å². The van der Waals surface area contributed by atoms with E-state index in [0.717, 1.165) is 0 Å². The van der Waals surface area contributed by atoms with Crippen molar-refractivity contribution in [1.29, 1.82) is 0 Å². The molecular weight excluding hydrogens is 254 g/mol. The van der Waals surface area contributed by atoms with Gasteiger partial charge in [0.05, 0.1) is 10.6 Å². The number of nitrogens with zero attached hydrogens (tertiary/aromatic N) is 2. The van der Waals surface area contributed by atoms with Crippen LogP contribution in [0.4, 0.5) is 5.82 Å². The third kappa shape index (κ3) is 3.58. The first kappa shape index (κ1) is 14.7. The zero-order valence-electron chi connectivity index (χ0n) is 10.6. The molecule has 0 atom stereocenters. The molecule has 0 fully saturated rings. The third-order valence-electron chi connectivity index (χ3n) is 2.58. The molecule has 0 aromatic carbocycles. The maximum Gasteiger partial charge on any atom is 0.255 e. The molecule has 0 spiro atoms. The van der Waals surface area contributed by atoms with E-state index in [1.165, 1.54) is 6.20 Å². The average Bonchev–Trinajstić information content (AvgIpc) is 2.39. The number of nitrogens with one attached hydrogen (secondary N) is 1. The van der Waals surface area contributed by atoms with Gasteiger partial charge in [-0.3, -0.25) is 4.79 Å². The summed E-state index contributed by atoms with van der Waals surface area (Å²) in [6, 6.07) is 1.60. The topological polar surface area (TPSA) is 65.5 Å². The fraction of sp³-hybridized carbons (Fsp3) is 0.500. The number of pyridine rings is 1. The maximum atomic E-state index is 12.2. The van der Waals surface area contributed by atoms with Gasteiger partial charge in [0.1, 0.15) is 5.82 Å². The lowest BCUT2D eigenvalue weighted by atomic mass is 10.2. The van der Waals surface area contributed by atoms with E-state index in [2.05, 4.69) is 10.3 Å². The van der Waals surface area contributed by atoms with Crippen LogP contribution in [0.15, 0.2) is 12.3 Å². The second-order valence-corrected chi connectivity index (χ2v) is 4.17. The van der Waals surface area contributed by atoms with Crippen molar-refractivity contribution in [2.45, 2.75) is 13.3 Å². The second kappa shape index (κ2) is 7.18. The summed E-state index contributed by atoms with van der Waals surface area (Å²) < 4.78 is 0. The lowest BCUT2D eigenvalue weighted by Crippen LogP contribution is -2.32. The molecule has 2 N–H and O–H groups in total. The van der Waals surface area contributed by atoms with E-state index in [0.29, 0.717) is 35.9 Å². The molecule has 0 saturated heterocycles. The number of aliphatic hydroxyl groups excluding tert-OH is 1. The smallest absolute Gasteiger partial charge is 0.255 e. The Hall–Kier alpha value is -1.33. The van der Waals surface area contributed by atoms with Crippen LogP contribution in [-0.2, 0) is 0 Å². The first-order chi connectivity index (χ1) is 8.63. The van der Waals surface area contributed by atoms with Crippen molar-refractivity contribution in [1.82, 2.24) is 9.88 Å². The summed E-state index contributed by atoms with van der Waals surface area (Å²) in [6.07, 6.45) is 2.07. The molecule has 1 aromatic rings. The van der Waals surface area contributed by atoms with Gasteiger partial charge in [-0.05, 0) is 19.4 Å². The average molecular weight is 272 g/mol. The molecule has 1 heterocycles. The molecule has 0 aliphatic rings. The summed E-state index contributed by atoms with van der Waals surface area (Å²) in [7, 11) is 1.72. The Labute approximate surface area is 112 Å². The number of halogens is 1. The molecule has 0 saturated carbocycles. The lowest BCUT2D eigenvalue weighted by Gasteiger charge is -2.20. The molecule has 0 aliphatic carbocycles. The van der Waals surface area contributed by atoms with Crippen LogP contribution in [0.2, 0.25) is 5.02 Å². The van der Waals surface area contributed by atoms with E-state index in [4.69, 9.17) is 16.7 Å². The van der Waals surface area contributed by atoms with Crippen molar-refractivity contribution in [2.24, 2.45) is 0 Å². The van der Waals surface area contributed by atoms with E-state index in [1.807, 2.05) is 6.92 Å². The Bertz CT molecular complexity index is 412. The second-order valence-electron chi connectivity index (χ2n) is 3.77. The van der Waals surface area contributed by atoms with Crippen molar-refractivity contribution in [2.75, 3.05) is 32.1 Å². The number of hydrogen-bond donors (Lipinski definition) is 2. The van der Waals surface area contributed by atoms with Crippen LogP contribution in [0.3, 0.4) is 0 Å². The van der Waals surface area contributed by atoms with E-state index in [1.54, 1.807) is 18.0 Å². The number of hydrogen-bond acceptors (Lipinski definition) is 4. The minimum absolute atomic E-state index is 0.0709. The predicted molar refractivity (Wildman–Crippen MR) is 72.1 cm³/mol. The van der Waals surface area contributed by atoms with Crippen molar-refractivity contribution in [3.63, 3.8) is 0 Å². The van der Waals surface area contributed by atoms with Gasteiger partial charge in [0.2, 0.25) is 0 Å². The molecule has 100 valence electrons. The van der Waals surface area contributed by atoms with Gasteiger partial charge >= 0.3 is 0 Å². The van der Waals surface area contributed by atoms with E-state index >= 15 is 0 Å². The molecule has 0 bridgehead atoms. The van der Waals surface area contributed by atoms with Crippen LogP contribution in [0, 0.1) is 0 Å². The Morgan fingerprint density at radius 2 is 2.33 bits per heavy atom. The highest BCUT2D eigenvalue weighted by Gasteiger charge is 2.15. The first-order valence-corrected chi connectivity index (χ1v) is 6.25. The number of rotatable bonds is 6. The largest absolute Gasteiger partial charge is 0.396 e. The minimum atomic E-state index is -0.122. The van der Waals surface area contributed by atoms with Gasteiger partial charge in [-0.2, -0.15) is 0 Å². The molecule has 18 heavy (non-hydrogen) atoms. The summed E-state index contributed by atoms with van der Waals surface area (Å²) in [4.78, 5) is 17.9. The standard InChI is InChI=1S/C12H18ClN3O2/c1-3-16(5-4-6-17)12(18)9-7-10(13)11(14-2)15-8-9/h7-8,17H,3-6H2,1-2H3,(H,14,15). The molecule has 1 aromatic heterocycles. The van der Waals surface area contributed by atoms with Gasteiger partial charge in [0, 0.05) is 32.9 Å². The molecule has 1 rings (SSSR count). The van der Waals surface area contributed by atoms with Crippen LogP contribution >= 0.6 is 11.6 Å². The van der Waals surface area contributed by atoms with Gasteiger partial charge in [-0.15, -0.1) is 0 Å². The molecule has 6 heteroatoms. The number of amides is 1. The SMILES string of the molecule is CCN(CCCO)C(=O)c1cnc(NC)c(Cl)c1. The number of aliphatic hydroxyl groups is 1. The maximum absolute atomic E-state index is 12.2. The molecule has 0 unspecified atom stereocenters. The van der Waals surface area contributed by atoms with Crippen molar-refractivity contribution < 1.29 is 9.90 Å². The monoisotopic (exact) mass is 271 g/mol. The summed E-state index contributed by atoms with van der Waals surface area (Å²) >= 11 is 5.99. The van der Waals surface area contributed by atoms with Gasteiger partial charge in [0.15, 0.2) is 0 Å².